The number of nitrogens with zero attached hydrogens (tertiary/aromatic N) is 1. The summed E-state index contributed by atoms with van der Waals surface area (Å²) in [6.45, 7) is 3.98. The molecule has 0 N–H and O–H groups in total. The van der Waals surface area contributed by atoms with Gasteiger partial charge in [0.15, 0.2) is 6.29 Å². The molecule has 1 aliphatic rings. The summed E-state index contributed by atoms with van der Waals surface area (Å²) < 4.78 is 17.6. The normalized spacial score (nSPS) is 21.4. The number of carbonyl (C=O) groups is 3. The second-order valence-electron chi connectivity index (χ2n) is 8.48. The average Bonchev–Trinajstić information content (AvgIpc) is 2.92. The van der Waals surface area contributed by atoms with Crippen LogP contribution in [0.5, 0.6) is 0 Å². The van der Waals surface area contributed by atoms with Gasteiger partial charge in [-0.05, 0) is 50.2 Å². The van der Waals surface area contributed by atoms with E-state index in [0.717, 1.165) is 0 Å². The maximum absolute atomic E-state index is 13.8. The monoisotopic (exact) mass is 487 g/mol. The van der Waals surface area contributed by atoms with Crippen molar-refractivity contribution in [2.75, 3.05) is 6.61 Å². The van der Waals surface area contributed by atoms with Crippen LogP contribution in [0.3, 0.4) is 0 Å². The predicted octanol–water partition coefficient (Wildman–Crippen LogP) is 4.73. The summed E-state index contributed by atoms with van der Waals surface area (Å²) in [5.74, 6) is -1.53. The first-order valence-electron chi connectivity index (χ1n) is 12.0. The molecule has 4 atom stereocenters. The van der Waals surface area contributed by atoms with Crippen molar-refractivity contribution in [3.05, 3.63) is 108 Å². The molecule has 0 saturated carbocycles. The summed E-state index contributed by atoms with van der Waals surface area (Å²) in [6, 6.07) is 24.9. The van der Waals surface area contributed by atoms with Crippen LogP contribution in [-0.4, -0.2) is 53.8 Å². The van der Waals surface area contributed by atoms with Crippen LogP contribution in [0.15, 0.2) is 91.0 Å². The molecule has 3 aromatic carbocycles. The Balaban J connectivity index is 1.75. The first-order valence-corrected chi connectivity index (χ1v) is 12.0. The van der Waals surface area contributed by atoms with Crippen molar-refractivity contribution in [2.24, 2.45) is 0 Å². The number of benzene rings is 3. The van der Waals surface area contributed by atoms with Gasteiger partial charge >= 0.3 is 5.97 Å². The van der Waals surface area contributed by atoms with E-state index in [1.54, 1.807) is 97.9 Å². The van der Waals surface area contributed by atoms with E-state index in [0.29, 0.717) is 23.3 Å². The third-order valence-electron chi connectivity index (χ3n) is 6.06. The van der Waals surface area contributed by atoms with Gasteiger partial charge in [-0.25, -0.2) is 4.79 Å². The highest BCUT2D eigenvalue weighted by Gasteiger charge is 2.46. The van der Waals surface area contributed by atoms with Crippen molar-refractivity contribution in [1.82, 2.24) is 4.90 Å². The quantitative estimate of drug-likeness (QED) is 0.354. The molecule has 36 heavy (non-hydrogen) atoms. The maximum Gasteiger partial charge on any atom is 0.338 e. The van der Waals surface area contributed by atoms with Gasteiger partial charge in [0, 0.05) is 24.2 Å². The Morgan fingerprint density at radius 2 is 1.28 bits per heavy atom. The Labute approximate surface area is 210 Å². The topological polar surface area (TPSA) is 82.1 Å². The second kappa shape index (κ2) is 11.7. The van der Waals surface area contributed by atoms with Gasteiger partial charge in [-0.2, -0.15) is 0 Å². The van der Waals surface area contributed by atoms with Gasteiger partial charge in [-0.15, -0.1) is 0 Å². The molecule has 0 aromatic heterocycles. The highest BCUT2D eigenvalue weighted by molar-refractivity contribution is 6.10. The van der Waals surface area contributed by atoms with Crippen LogP contribution in [0.25, 0.3) is 0 Å². The molecule has 0 radical (unpaired) electrons. The molecule has 2 amide bonds. The number of carbonyl (C=O) groups excluding carboxylic acids is 3. The van der Waals surface area contributed by atoms with Crippen molar-refractivity contribution in [3.8, 4) is 0 Å². The highest BCUT2D eigenvalue weighted by Crippen LogP contribution is 2.30. The lowest BCUT2D eigenvalue weighted by Gasteiger charge is -2.43. The zero-order valence-corrected chi connectivity index (χ0v) is 20.3. The zero-order chi connectivity index (χ0) is 25.5. The number of imide groups is 1. The van der Waals surface area contributed by atoms with Crippen molar-refractivity contribution in [3.63, 3.8) is 0 Å². The van der Waals surface area contributed by atoms with Gasteiger partial charge in [0.25, 0.3) is 11.8 Å². The number of esters is 1. The van der Waals surface area contributed by atoms with E-state index in [1.807, 2.05) is 6.92 Å². The third kappa shape index (κ3) is 5.70. The van der Waals surface area contributed by atoms with Crippen LogP contribution >= 0.6 is 0 Å². The van der Waals surface area contributed by atoms with Crippen LogP contribution < -0.4 is 0 Å². The van der Waals surface area contributed by atoms with Gasteiger partial charge in [-0.1, -0.05) is 54.6 Å². The van der Waals surface area contributed by atoms with Crippen LogP contribution in [0.4, 0.5) is 0 Å². The number of ether oxygens (including phenoxy) is 3. The fourth-order valence-corrected chi connectivity index (χ4v) is 4.34. The summed E-state index contributed by atoms with van der Waals surface area (Å²) in [7, 11) is 0. The van der Waals surface area contributed by atoms with E-state index < -0.39 is 42.3 Å². The van der Waals surface area contributed by atoms with E-state index in [2.05, 4.69) is 0 Å². The lowest BCUT2D eigenvalue weighted by atomic mass is 9.95. The highest BCUT2D eigenvalue weighted by atomic mass is 16.7. The Hall–Kier alpha value is -3.81. The zero-order valence-electron chi connectivity index (χ0n) is 20.3. The summed E-state index contributed by atoms with van der Waals surface area (Å²) in [4.78, 5) is 41.8. The standard InChI is InChI=1S/C29H29NO6/c1-3-34-25-19-24(26(20(2)35-25)36-29(33)23-17-11-6-12-18-23)30(27(31)21-13-7-4-8-14-21)28(32)22-15-9-5-10-16-22/h4-18,20,24-26H,3,19H2,1-2H3/t20-,24-,25+,26+/m0/s1. The van der Waals surface area contributed by atoms with Crippen LogP contribution in [0, 0.1) is 0 Å². The molecule has 7 heteroatoms. The molecule has 0 aliphatic carbocycles. The minimum atomic E-state index is -0.908. The third-order valence-corrected chi connectivity index (χ3v) is 6.06. The van der Waals surface area contributed by atoms with Crippen molar-refractivity contribution >= 4 is 17.8 Å². The van der Waals surface area contributed by atoms with Gasteiger partial charge in [0.1, 0.15) is 6.10 Å². The van der Waals surface area contributed by atoms with Gasteiger partial charge in [0.2, 0.25) is 0 Å². The van der Waals surface area contributed by atoms with Crippen LogP contribution in [-0.2, 0) is 14.2 Å². The maximum atomic E-state index is 13.8. The van der Waals surface area contributed by atoms with E-state index in [1.165, 1.54) is 4.90 Å². The van der Waals surface area contributed by atoms with Gasteiger partial charge in [-0.3, -0.25) is 14.5 Å². The Kier molecular flexibility index (Phi) is 8.25. The van der Waals surface area contributed by atoms with Crippen molar-refractivity contribution in [2.45, 2.75) is 44.8 Å². The SMILES string of the molecule is CCO[C@H]1C[C@H](N(C(=O)c2ccccc2)C(=O)c2ccccc2)[C@H](OC(=O)c2ccccc2)[C@H](C)O1. The van der Waals surface area contributed by atoms with Crippen LogP contribution in [0.1, 0.15) is 51.3 Å². The van der Waals surface area contributed by atoms with Gasteiger partial charge < -0.3 is 14.2 Å². The van der Waals surface area contributed by atoms with Crippen LogP contribution in [0.2, 0.25) is 0 Å². The molecule has 0 unspecified atom stereocenters. The Morgan fingerprint density at radius 1 is 0.806 bits per heavy atom. The van der Waals surface area contributed by atoms with E-state index in [9.17, 15) is 14.4 Å². The molecule has 7 nitrogen and oxygen atoms in total. The largest absolute Gasteiger partial charge is 0.454 e. The lowest BCUT2D eigenvalue weighted by Crippen LogP contribution is -2.59. The molecule has 0 spiro atoms. The van der Waals surface area contributed by atoms with Gasteiger partial charge in [0.05, 0.1) is 17.7 Å². The molecule has 1 aliphatic heterocycles. The average molecular weight is 488 g/mol. The molecule has 1 heterocycles. The molecule has 1 fully saturated rings. The number of rotatable bonds is 7. The first-order chi connectivity index (χ1) is 17.5. The lowest BCUT2D eigenvalue weighted by molar-refractivity contribution is -0.229. The second-order valence-corrected chi connectivity index (χ2v) is 8.48. The molecule has 3 aromatic rings. The number of hydrogen-bond acceptors (Lipinski definition) is 6. The Morgan fingerprint density at radius 3 is 1.75 bits per heavy atom. The van der Waals surface area contributed by atoms with E-state index >= 15 is 0 Å². The molecule has 0 bridgehead atoms. The molecule has 1 saturated heterocycles. The fraction of sp³-hybridized carbons (Fsp3) is 0.276. The summed E-state index contributed by atoms with van der Waals surface area (Å²) >= 11 is 0. The molecule has 186 valence electrons. The van der Waals surface area contributed by atoms with Crippen molar-refractivity contribution in [1.29, 1.82) is 0 Å². The number of hydrogen-bond donors (Lipinski definition) is 0. The first kappa shape index (κ1) is 25.3. The molecular formula is C29H29NO6. The van der Waals surface area contributed by atoms with Crippen molar-refractivity contribution < 1.29 is 28.6 Å². The van der Waals surface area contributed by atoms with E-state index in [4.69, 9.17) is 14.2 Å². The van der Waals surface area contributed by atoms with E-state index in [-0.39, 0.29) is 6.42 Å². The molecule has 4 rings (SSSR count). The summed E-state index contributed by atoms with van der Waals surface area (Å²) in [5, 5.41) is 0. The Bertz CT molecular complexity index is 1120. The predicted molar refractivity (Wildman–Crippen MR) is 133 cm³/mol. The summed E-state index contributed by atoms with van der Waals surface area (Å²) in [6.07, 6.45) is -2.06. The fourth-order valence-electron chi connectivity index (χ4n) is 4.34. The molecular weight excluding hydrogens is 458 g/mol. The number of amides is 2. The minimum Gasteiger partial charge on any atom is -0.454 e. The minimum absolute atomic E-state index is 0.155. The summed E-state index contributed by atoms with van der Waals surface area (Å²) in [5.41, 5.74) is 1.06. The smallest absolute Gasteiger partial charge is 0.338 e.